The van der Waals surface area contributed by atoms with Crippen molar-refractivity contribution in [1.82, 2.24) is 15.1 Å². The summed E-state index contributed by atoms with van der Waals surface area (Å²) in [6.07, 6.45) is 5.45. The summed E-state index contributed by atoms with van der Waals surface area (Å²) in [4.78, 5) is 0. The van der Waals surface area contributed by atoms with E-state index in [4.69, 9.17) is 0 Å². The molecule has 0 aliphatic heterocycles. The summed E-state index contributed by atoms with van der Waals surface area (Å²) in [5, 5.41) is 8.16. The number of aryl methyl sites for hydroxylation is 1. The number of nitrogens with one attached hydrogen (secondary N) is 1. The van der Waals surface area contributed by atoms with Gasteiger partial charge in [0.2, 0.25) is 0 Å². The Morgan fingerprint density at radius 3 is 2.86 bits per heavy atom. The molecule has 2 aromatic rings. The van der Waals surface area contributed by atoms with Crippen molar-refractivity contribution in [2.24, 2.45) is 7.05 Å². The number of benzene rings is 1. The van der Waals surface area contributed by atoms with Gasteiger partial charge in [0.25, 0.3) is 0 Å². The summed E-state index contributed by atoms with van der Waals surface area (Å²) in [5.74, 6) is 0. The first-order chi connectivity index (χ1) is 10.1. The Morgan fingerprint density at radius 2 is 2.10 bits per heavy atom. The highest BCUT2D eigenvalue weighted by molar-refractivity contribution is 5.38. The van der Waals surface area contributed by atoms with Crippen LogP contribution in [0.25, 0.3) is 0 Å². The van der Waals surface area contributed by atoms with Crippen molar-refractivity contribution in [3.63, 3.8) is 0 Å². The second-order valence-corrected chi connectivity index (χ2v) is 6.75. The van der Waals surface area contributed by atoms with Gasteiger partial charge in [-0.25, -0.2) is 0 Å². The average Bonchev–Trinajstić information content (AvgIpc) is 2.87. The molecule has 1 atom stereocenters. The van der Waals surface area contributed by atoms with Crippen LogP contribution in [0.2, 0.25) is 0 Å². The van der Waals surface area contributed by atoms with Gasteiger partial charge in [-0.2, -0.15) is 5.10 Å². The lowest BCUT2D eigenvalue weighted by Crippen LogP contribution is -2.33. The molecule has 1 aromatic heterocycles. The molecule has 1 heterocycles. The minimum absolute atomic E-state index is 0.301. The van der Waals surface area contributed by atoms with Crippen LogP contribution < -0.4 is 5.32 Å². The van der Waals surface area contributed by atoms with Gasteiger partial charge in [-0.15, -0.1) is 0 Å². The third-order valence-electron chi connectivity index (χ3n) is 4.66. The SMILES string of the molecule is Cn1ccc(CCNC2CCC(C)(C)c3ccccc32)n1. The van der Waals surface area contributed by atoms with Crippen LogP contribution in [0.3, 0.4) is 0 Å². The van der Waals surface area contributed by atoms with Gasteiger partial charge < -0.3 is 5.32 Å². The molecular weight excluding hydrogens is 258 g/mol. The predicted molar refractivity (Wildman–Crippen MR) is 86.4 cm³/mol. The van der Waals surface area contributed by atoms with Crippen LogP contribution >= 0.6 is 0 Å². The lowest BCUT2D eigenvalue weighted by atomic mass is 9.71. The first kappa shape index (κ1) is 14.3. The van der Waals surface area contributed by atoms with Gasteiger partial charge in [0.1, 0.15) is 0 Å². The molecular formula is C18H25N3. The van der Waals surface area contributed by atoms with Gasteiger partial charge in [0.15, 0.2) is 0 Å². The van der Waals surface area contributed by atoms with Crippen molar-refractivity contribution >= 4 is 0 Å². The third-order valence-corrected chi connectivity index (χ3v) is 4.66. The van der Waals surface area contributed by atoms with Crippen LogP contribution in [0.15, 0.2) is 36.5 Å². The summed E-state index contributed by atoms with van der Waals surface area (Å²) in [6.45, 7) is 5.70. The van der Waals surface area contributed by atoms with E-state index in [0.29, 0.717) is 11.5 Å². The van der Waals surface area contributed by atoms with E-state index >= 15 is 0 Å². The van der Waals surface area contributed by atoms with Gasteiger partial charge in [0.05, 0.1) is 5.69 Å². The topological polar surface area (TPSA) is 29.9 Å². The molecule has 0 fully saturated rings. The Balaban J connectivity index is 1.66. The first-order valence-electron chi connectivity index (χ1n) is 7.87. The van der Waals surface area contributed by atoms with Gasteiger partial charge in [-0.3, -0.25) is 4.68 Å². The molecule has 3 nitrogen and oxygen atoms in total. The third kappa shape index (κ3) is 3.03. The van der Waals surface area contributed by atoms with Crippen molar-refractivity contribution in [2.75, 3.05) is 6.54 Å². The minimum atomic E-state index is 0.301. The number of fused-ring (bicyclic) bond motifs is 1. The zero-order chi connectivity index (χ0) is 14.9. The summed E-state index contributed by atoms with van der Waals surface area (Å²) >= 11 is 0. The Labute approximate surface area is 127 Å². The van der Waals surface area contributed by atoms with Gasteiger partial charge >= 0.3 is 0 Å². The second kappa shape index (κ2) is 5.64. The molecule has 0 spiro atoms. The standard InChI is InChI=1S/C18H25N3/c1-18(2)11-8-17(15-6-4-5-7-16(15)18)19-12-9-14-10-13-21(3)20-14/h4-7,10,13,17,19H,8-9,11-12H2,1-3H3. The summed E-state index contributed by atoms with van der Waals surface area (Å²) in [7, 11) is 1.97. The molecule has 0 saturated heterocycles. The van der Waals surface area contributed by atoms with E-state index < -0.39 is 0 Å². The van der Waals surface area contributed by atoms with Crippen molar-refractivity contribution in [1.29, 1.82) is 0 Å². The molecule has 0 saturated carbocycles. The van der Waals surface area contributed by atoms with Crippen LogP contribution in [-0.4, -0.2) is 16.3 Å². The molecule has 1 unspecified atom stereocenters. The van der Waals surface area contributed by atoms with Crippen molar-refractivity contribution in [2.45, 2.75) is 44.6 Å². The molecule has 0 bridgehead atoms. The highest BCUT2D eigenvalue weighted by Gasteiger charge is 2.31. The zero-order valence-electron chi connectivity index (χ0n) is 13.3. The minimum Gasteiger partial charge on any atom is -0.310 e. The lowest BCUT2D eigenvalue weighted by molar-refractivity contribution is 0.359. The van der Waals surface area contributed by atoms with Crippen LogP contribution in [-0.2, 0) is 18.9 Å². The molecule has 21 heavy (non-hydrogen) atoms. The summed E-state index contributed by atoms with van der Waals surface area (Å²) < 4.78 is 1.87. The molecule has 0 amide bonds. The van der Waals surface area contributed by atoms with E-state index in [9.17, 15) is 0 Å². The van der Waals surface area contributed by atoms with E-state index in [0.717, 1.165) is 18.7 Å². The quantitative estimate of drug-likeness (QED) is 0.932. The smallest absolute Gasteiger partial charge is 0.0637 e. The normalized spacial score (nSPS) is 20.2. The first-order valence-corrected chi connectivity index (χ1v) is 7.87. The van der Waals surface area contributed by atoms with Crippen molar-refractivity contribution in [3.8, 4) is 0 Å². The Kier molecular flexibility index (Phi) is 3.85. The van der Waals surface area contributed by atoms with E-state index in [1.54, 1.807) is 0 Å². The fourth-order valence-corrected chi connectivity index (χ4v) is 3.40. The van der Waals surface area contributed by atoms with E-state index in [-0.39, 0.29) is 0 Å². The molecule has 1 N–H and O–H groups in total. The molecule has 1 aliphatic carbocycles. The Bertz CT molecular complexity index is 612. The fraction of sp³-hybridized carbons (Fsp3) is 0.500. The zero-order valence-corrected chi connectivity index (χ0v) is 13.3. The van der Waals surface area contributed by atoms with Crippen LogP contribution in [0.4, 0.5) is 0 Å². The highest BCUT2D eigenvalue weighted by Crippen LogP contribution is 2.41. The van der Waals surface area contributed by atoms with Gasteiger partial charge in [-0.1, -0.05) is 38.1 Å². The molecule has 0 radical (unpaired) electrons. The molecule has 3 rings (SSSR count). The number of rotatable bonds is 4. The fourth-order valence-electron chi connectivity index (χ4n) is 3.40. The molecule has 3 heteroatoms. The van der Waals surface area contributed by atoms with Crippen LogP contribution in [0.5, 0.6) is 0 Å². The van der Waals surface area contributed by atoms with Crippen LogP contribution in [0.1, 0.15) is 49.6 Å². The number of aromatic nitrogens is 2. The Morgan fingerprint density at radius 1 is 1.29 bits per heavy atom. The lowest BCUT2D eigenvalue weighted by Gasteiger charge is -2.37. The molecule has 112 valence electrons. The molecule has 1 aliphatic rings. The highest BCUT2D eigenvalue weighted by atomic mass is 15.2. The largest absolute Gasteiger partial charge is 0.310 e. The summed E-state index contributed by atoms with van der Waals surface area (Å²) in [6, 6.07) is 11.5. The maximum Gasteiger partial charge on any atom is 0.0637 e. The summed E-state index contributed by atoms with van der Waals surface area (Å²) in [5.41, 5.74) is 4.45. The number of hydrogen-bond donors (Lipinski definition) is 1. The second-order valence-electron chi connectivity index (χ2n) is 6.75. The van der Waals surface area contributed by atoms with E-state index in [1.807, 2.05) is 17.9 Å². The van der Waals surface area contributed by atoms with E-state index in [1.165, 1.54) is 24.0 Å². The monoisotopic (exact) mass is 283 g/mol. The van der Waals surface area contributed by atoms with Crippen LogP contribution in [0, 0.1) is 0 Å². The predicted octanol–water partition coefficient (Wildman–Crippen LogP) is 3.36. The van der Waals surface area contributed by atoms with Crippen molar-refractivity contribution in [3.05, 3.63) is 53.3 Å². The maximum atomic E-state index is 4.44. The Hall–Kier alpha value is -1.61. The molecule has 1 aromatic carbocycles. The van der Waals surface area contributed by atoms with Gasteiger partial charge in [-0.05, 0) is 35.4 Å². The number of hydrogen-bond acceptors (Lipinski definition) is 2. The average molecular weight is 283 g/mol. The van der Waals surface area contributed by atoms with Crippen molar-refractivity contribution < 1.29 is 0 Å². The number of nitrogens with zero attached hydrogens (tertiary/aromatic N) is 2. The maximum absolute atomic E-state index is 4.44. The van der Waals surface area contributed by atoms with Gasteiger partial charge in [0, 0.05) is 32.3 Å². The van der Waals surface area contributed by atoms with E-state index in [2.05, 4.69) is 54.6 Å².